The second-order valence-corrected chi connectivity index (χ2v) is 4.35. The summed E-state index contributed by atoms with van der Waals surface area (Å²) in [4.78, 5) is 0. The lowest BCUT2D eigenvalue weighted by atomic mass is 10.1. The third kappa shape index (κ3) is 5.24. The highest BCUT2D eigenvalue weighted by Gasteiger charge is 1.92. The average Bonchev–Trinajstić information content (AvgIpc) is 2.30. The molecule has 0 atom stereocenters. The Bertz CT molecular complexity index is 357. The van der Waals surface area contributed by atoms with Crippen LogP contribution in [0.4, 0.5) is 0 Å². The van der Waals surface area contributed by atoms with Crippen LogP contribution in [0.2, 0.25) is 5.02 Å². The van der Waals surface area contributed by atoms with Gasteiger partial charge in [-0.1, -0.05) is 68.2 Å². The third-order valence-electron chi connectivity index (χ3n) is 2.50. The fourth-order valence-corrected chi connectivity index (χ4v) is 1.72. The molecule has 1 aromatic carbocycles. The van der Waals surface area contributed by atoms with E-state index in [0.717, 1.165) is 17.0 Å². The topological polar surface area (TPSA) is 0 Å². The Morgan fingerprint density at radius 2 is 1.81 bits per heavy atom. The summed E-state index contributed by atoms with van der Waals surface area (Å²) in [5.74, 6) is 6.31. The van der Waals surface area contributed by atoms with Crippen LogP contribution in [0.25, 0.3) is 0 Å². The molecule has 1 heteroatoms. The van der Waals surface area contributed by atoms with E-state index < -0.39 is 0 Å². The van der Waals surface area contributed by atoms with Crippen molar-refractivity contribution in [3.63, 3.8) is 0 Å². The Morgan fingerprint density at radius 3 is 2.56 bits per heavy atom. The molecule has 16 heavy (non-hydrogen) atoms. The van der Waals surface area contributed by atoms with Crippen molar-refractivity contribution < 1.29 is 0 Å². The smallest absolute Gasteiger partial charge is 0.0562 e. The third-order valence-corrected chi connectivity index (χ3v) is 2.83. The fraction of sp³-hybridized carbons (Fsp3) is 0.467. The maximum atomic E-state index is 6.00. The predicted octanol–water partition coefficient (Wildman–Crippen LogP) is 5.05. The molecule has 0 N–H and O–H groups in total. The van der Waals surface area contributed by atoms with E-state index in [-0.39, 0.29) is 0 Å². The summed E-state index contributed by atoms with van der Waals surface area (Å²) in [6.07, 6.45) is 7.46. The SMILES string of the molecule is CCCCCCCC#Cc1ccccc1Cl. The zero-order valence-electron chi connectivity index (χ0n) is 9.93. The molecule has 0 nitrogen and oxygen atoms in total. The van der Waals surface area contributed by atoms with Crippen molar-refractivity contribution in [2.75, 3.05) is 0 Å². The van der Waals surface area contributed by atoms with Gasteiger partial charge in [0, 0.05) is 12.0 Å². The highest BCUT2D eigenvalue weighted by Crippen LogP contribution is 2.13. The van der Waals surface area contributed by atoms with Gasteiger partial charge in [-0.25, -0.2) is 0 Å². The number of hydrogen-bond donors (Lipinski definition) is 0. The van der Waals surface area contributed by atoms with E-state index in [4.69, 9.17) is 11.6 Å². The summed E-state index contributed by atoms with van der Waals surface area (Å²) in [5.41, 5.74) is 0.942. The molecule has 0 amide bonds. The van der Waals surface area contributed by atoms with Crippen LogP contribution in [0.3, 0.4) is 0 Å². The molecule has 0 spiro atoms. The lowest BCUT2D eigenvalue weighted by Crippen LogP contribution is -1.78. The fourth-order valence-electron chi connectivity index (χ4n) is 1.54. The number of unbranched alkanes of at least 4 members (excludes halogenated alkanes) is 5. The summed E-state index contributed by atoms with van der Waals surface area (Å²) < 4.78 is 0. The number of benzene rings is 1. The highest BCUT2D eigenvalue weighted by molar-refractivity contribution is 6.31. The van der Waals surface area contributed by atoms with E-state index in [1.54, 1.807) is 0 Å². The summed E-state index contributed by atoms with van der Waals surface area (Å²) in [6.45, 7) is 2.23. The standard InChI is InChI=1S/C15H19Cl/c1-2-3-4-5-6-7-8-11-14-12-9-10-13-15(14)16/h9-10,12-13H,2-7H2,1H3. The number of halogens is 1. The van der Waals surface area contributed by atoms with Gasteiger partial charge in [0.2, 0.25) is 0 Å². The first-order valence-electron chi connectivity index (χ1n) is 6.08. The molecule has 0 aliphatic heterocycles. The van der Waals surface area contributed by atoms with Gasteiger partial charge in [0.25, 0.3) is 0 Å². The van der Waals surface area contributed by atoms with Crippen molar-refractivity contribution >= 4 is 11.6 Å². The van der Waals surface area contributed by atoms with Crippen LogP contribution in [0.1, 0.15) is 51.0 Å². The van der Waals surface area contributed by atoms with Crippen molar-refractivity contribution in [2.45, 2.75) is 45.4 Å². The van der Waals surface area contributed by atoms with Crippen LogP contribution in [0.15, 0.2) is 24.3 Å². The lowest BCUT2D eigenvalue weighted by Gasteiger charge is -1.95. The van der Waals surface area contributed by atoms with Gasteiger partial charge in [-0.05, 0) is 18.6 Å². The quantitative estimate of drug-likeness (QED) is 0.494. The molecule has 0 unspecified atom stereocenters. The highest BCUT2D eigenvalue weighted by atomic mass is 35.5. The first kappa shape index (κ1) is 13.1. The van der Waals surface area contributed by atoms with Gasteiger partial charge in [0.05, 0.1) is 5.02 Å². The molecule has 0 aliphatic carbocycles. The van der Waals surface area contributed by atoms with Crippen LogP contribution in [-0.4, -0.2) is 0 Å². The van der Waals surface area contributed by atoms with Crippen molar-refractivity contribution in [3.05, 3.63) is 34.9 Å². The van der Waals surface area contributed by atoms with Gasteiger partial charge in [0.1, 0.15) is 0 Å². The van der Waals surface area contributed by atoms with Crippen molar-refractivity contribution in [1.82, 2.24) is 0 Å². The molecule has 0 aliphatic rings. The van der Waals surface area contributed by atoms with Crippen LogP contribution in [-0.2, 0) is 0 Å². The summed E-state index contributed by atoms with van der Waals surface area (Å²) in [5, 5.41) is 0.751. The van der Waals surface area contributed by atoms with Gasteiger partial charge in [-0.2, -0.15) is 0 Å². The minimum Gasteiger partial charge on any atom is -0.0978 e. The first-order chi connectivity index (χ1) is 7.84. The Kier molecular flexibility index (Phi) is 6.77. The van der Waals surface area contributed by atoms with E-state index >= 15 is 0 Å². The Labute approximate surface area is 104 Å². The van der Waals surface area contributed by atoms with Crippen LogP contribution in [0, 0.1) is 11.8 Å². The normalized spacial score (nSPS) is 9.62. The minimum atomic E-state index is 0.751. The first-order valence-corrected chi connectivity index (χ1v) is 6.45. The van der Waals surface area contributed by atoms with Gasteiger partial charge in [0.15, 0.2) is 0 Å². The van der Waals surface area contributed by atoms with Gasteiger partial charge in [-0.15, -0.1) is 0 Å². The number of rotatable bonds is 5. The molecule has 0 heterocycles. The zero-order valence-corrected chi connectivity index (χ0v) is 10.7. The van der Waals surface area contributed by atoms with Gasteiger partial charge >= 0.3 is 0 Å². The summed E-state index contributed by atoms with van der Waals surface area (Å²) >= 11 is 6.00. The maximum absolute atomic E-state index is 6.00. The van der Waals surface area contributed by atoms with E-state index in [1.165, 1.54) is 32.1 Å². The van der Waals surface area contributed by atoms with Crippen molar-refractivity contribution in [3.8, 4) is 11.8 Å². The Balaban J connectivity index is 2.25. The van der Waals surface area contributed by atoms with Gasteiger partial charge in [-0.3, -0.25) is 0 Å². The van der Waals surface area contributed by atoms with Crippen LogP contribution >= 0.6 is 11.6 Å². The molecule has 1 aromatic rings. The molecule has 0 saturated carbocycles. The predicted molar refractivity (Wildman–Crippen MR) is 71.7 cm³/mol. The molecule has 0 fully saturated rings. The molecule has 0 saturated heterocycles. The Morgan fingerprint density at radius 1 is 1.06 bits per heavy atom. The van der Waals surface area contributed by atoms with Crippen molar-refractivity contribution in [2.24, 2.45) is 0 Å². The second-order valence-electron chi connectivity index (χ2n) is 3.95. The van der Waals surface area contributed by atoms with Crippen LogP contribution in [0.5, 0.6) is 0 Å². The maximum Gasteiger partial charge on any atom is 0.0562 e. The second kappa shape index (κ2) is 8.25. The minimum absolute atomic E-state index is 0.751. The van der Waals surface area contributed by atoms with Crippen molar-refractivity contribution in [1.29, 1.82) is 0 Å². The van der Waals surface area contributed by atoms with E-state index in [2.05, 4.69) is 18.8 Å². The van der Waals surface area contributed by atoms with E-state index in [0.29, 0.717) is 0 Å². The number of hydrogen-bond acceptors (Lipinski definition) is 0. The largest absolute Gasteiger partial charge is 0.0978 e. The zero-order chi connectivity index (χ0) is 11.6. The molecular weight excluding hydrogens is 216 g/mol. The van der Waals surface area contributed by atoms with E-state index in [1.807, 2.05) is 24.3 Å². The molecule has 0 aromatic heterocycles. The monoisotopic (exact) mass is 234 g/mol. The molecular formula is C15H19Cl. The molecule has 0 bridgehead atoms. The molecule has 86 valence electrons. The lowest BCUT2D eigenvalue weighted by molar-refractivity contribution is 0.641. The molecule has 1 rings (SSSR count). The molecule has 0 radical (unpaired) electrons. The van der Waals surface area contributed by atoms with E-state index in [9.17, 15) is 0 Å². The average molecular weight is 235 g/mol. The summed E-state index contributed by atoms with van der Waals surface area (Å²) in [6, 6.07) is 7.74. The van der Waals surface area contributed by atoms with Crippen LogP contribution < -0.4 is 0 Å². The summed E-state index contributed by atoms with van der Waals surface area (Å²) in [7, 11) is 0. The van der Waals surface area contributed by atoms with Gasteiger partial charge < -0.3 is 0 Å². The Hall–Kier alpha value is -0.930.